The molecule has 37 heavy (non-hydrogen) atoms. The van der Waals surface area contributed by atoms with E-state index in [0.29, 0.717) is 18.0 Å². The quantitative estimate of drug-likeness (QED) is 0.322. The Morgan fingerprint density at radius 1 is 1.11 bits per heavy atom. The molecule has 7 rings (SSSR count). The first kappa shape index (κ1) is 22.4. The lowest BCUT2D eigenvalue weighted by molar-refractivity contribution is 0.0940. The maximum absolute atomic E-state index is 6.45. The maximum atomic E-state index is 6.45. The second-order valence-corrected chi connectivity index (χ2v) is 10.2. The molecular formula is C28H26ClN7O. The van der Waals surface area contributed by atoms with Gasteiger partial charge in [-0.15, -0.1) is 0 Å². The minimum atomic E-state index is 0.220. The van der Waals surface area contributed by atoms with Crippen LogP contribution >= 0.6 is 11.6 Å². The zero-order valence-corrected chi connectivity index (χ0v) is 21.3. The number of halogens is 1. The number of hydrogen-bond acceptors (Lipinski definition) is 5. The van der Waals surface area contributed by atoms with Crippen molar-refractivity contribution in [1.29, 1.82) is 0 Å². The Morgan fingerprint density at radius 3 is 2.92 bits per heavy atom. The van der Waals surface area contributed by atoms with E-state index in [1.807, 2.05) is 71.4 Å². The highest BCUT2D eigenvalue weighted by atomic mass is 35.5. The standard InChI is InChI=1S/C28H26ClN7O/c1-18-4-2-5-22(32-18)15-34-14-20(12-31-34)28-26-10-19-13-35(16-23-6-3-9-37-23)33-27(19)24-11-21(29)7-8-25(24)36(26)17-30-28/h2,4-5,7-8,11-14,17,23H,3,6,9-10,15-16H2,1H3. The van der Waals surface area contributed by atoms with E-state index < -0.39 is 0 Å². The highest BCUT2D eigenvalue weighted by Gasteiger charge is 2.27. The van der Waals surface area contributed by atoms with Crippen LogP contribution in [0.2, 0.25) is 5.02 Å². The van der Waals surface area contributed by atoms with Gasteiger partial charge in [0.05, 0.1) is 53.9 Å². The minimum Gasteiger partial charge on any atom is -0.376 e. The molecule has 0 radical (unpaired) electrons. The molecule has 6 heterocycles. The fourth-order valence-electron chi connectivity index (χ4n) is 5.41. The number of aromatic nitrogens is 7. The normalized spacial score (nSPS) is 16.3. The second kappa shape index (κ2) is 8.97. The number of fused-ring (bicyclic) bond motifs is 5. The number of rotatable bonds is 5. The van der Waals surface area contributed by atoms with Crippen LogP contribution in [0.3, 0.4) is 0 Å². The smallest absolute Gasteiger partial charge is 0.100 e. The summed E-state index contributed by atoms with van der Waals surface area (Å²) >= 11 is 6.45. The van der Waals surface area contributed by atoms with Crippen LogP contribution < -0.4 is 0 Å². The molecule has 0 aliphatic carbocycles. The summed E-state index contributed by atoms with van der Waals surface area (Å²) in [6.07, 6.45) is 11.1. The zero-order valence-electron chi connectivity index (χ0n) is 20.5. The molecule has 0 N–H and O–H groups in total. The van der Waals surface area contributed by atoms with Crippen molar-refractivity contribution in [2.24, 2.45) is 0 Å². The molecule has 1 unspecified atom stereocenters. The van der Waals surface area contributed by atoms with Crippen LogP contribution in [0.1, 0.15) is 35.5 Å². The predicted molar refractivity (Wildman–Crippen MR) is 141 cm³/mol. The third kappa shape index (κ3) is 4.16. The maximum Gasteiger partial charge on any atom is 0.100 e. The van der Waals surface area contributed by atoms with Gasteiger partial charge < -0.3 is 9.30 Å². The molecule has 1 atom stereocenters. The van der Waals surface area contributed by atoms with Crippen molar-refractivity contribution < 1.29 is 4.74 Å². The molecule has 8 nitrogen and oxygen atoms in total. The highest BCUT2D eigenvalue weighted by Crippen LogP contribution is 2.38. The van der Waals surface area contributed by atoms with Gasteiger partial charge in [-0.05, 0) is 50.1 Å². The molecular weight excluding hydrogens is 486 g/mol. The monoisotopic (exact) mass is 511 g/mol. The van der Waals surface area contributed by atoms with Crippen LogP contribution in [-0.4, -0.2) is 46.8 Å². The van der Waals surface area contributed by atoms with Crippen LogP contribution in [0.25, 0.3) is 28.2 Å². The van der Waals surface area contributed by atoms with Gasteiger partial charge in [0.15, 0.2) is 0 Å². The summed E-state index contributed by atoms with van der Waals surface area (Å²) in [5.74, 6) is 0. The van der Waals surface area contributed by atoms with Gasteiger partial charge in [0.25, 0.3) is 0 Å². The lowest BCUT2D eigenvalue weighted by Crippen LogP contribution is -2.15. The molecule has 2 aliphatic heterocycles. The molecule has 0 saturated carbocycles. The summed E-state index contributed by atoms with van der Waals surface area (Å²) in [6, 6.07) is 12.0. The van der Waals surface area contributed by atoms with Gasteiger partial charge in [0, 0.05) is 52.8 Å². The Bertz CT molecular complexity index is 1610. The first-order valence-corrected chi connectivity index (χ1v) is 13.0. The second-order valence-electron chi connectivity index (χ2n) is 9.81. The number of ether oxygens (including phenoxy) is 1. The van der Waals surface area contributed by atoms with Gasteiger partial charge in [-0.2, -0.15) is 10.2 Å². The van der Waals surface area contributed by atoms with E-state index in [2.05, 4.69) is 20.8 Å². The SMILES string of the molecule is Cc1cccc(Cn2cc(-c3ncn4c3Cc3cn(CC5CCCO5)nc3-c3cc(Cl)ccc3-4)cn2)n1. The molecule has 1 saturated heterocycles. The number of imidazole rings is 1. The number of nitrogens with zero attached hydrogens (tertiary/aromatic N) is 7. The molecule has 5 aromatic rings. The zero-order chi connectivity index (χ0) is 24.9. The van der Waals surface area contributed by atoms with Crippen LogP contribution in [-0.2, 0) is 24.2 Å². The number of aryl methyl sites for hydroxylation is 1. The minimum absolute atomic E-state index is 0.220. The molecule has 0 spiro atoms. The first-order chi connectivity index (χ1) is 18.1. The van der Waals surface area contributed by atoms with Crippen molar-refractivity contribution in [2.75, 3.05) is 6.61 Å². The molecule has 4 aromatic heterocycles. The summed E-state index contributed by atoms with van der Waals surface area (Å²) in [5, 5.41) is 10.3. The third-order valence-electron chi connectivity index (χ3n) is 7.13. The topological polar surface area (TPSA) is 75.6 Å². The average molecular weight is 512 g/mol. The summed E-state index contributed by atoms with van der Waals surface area (Å²) in [5.41, 5.74) is 9.13. The number of pyridine rings is 1. The fourth-order valence-corrected chi connectivity index (χ4v) is 5.59. The van der Waals surface area contributed by atoms with Crippen LogP contribution in [0, 0.1) is 6.92 Å². The number of hydrogen-bond donors (Lipinski definition) is 0. The molecule has 1 fully saturated rings. The Morgan fingerprint density at radius 2 is 2.05 bits per heavy atom. The van der Waals surface area contributed by atoms with E-state index in [4.69, 9.17) is 26.4 Å². The van der Waals surface area contributed by atoms with Crippen molar-refractivity contribution in [3.8, 4) is 28.2 Å². The Labute approximate surface area is 219 Å². The highest BCUT2D eigenvalue weighted by molar-refractivity contribution is 6.31. The summed E-state index contributed by atoms with van der Waals surface area (Å²) in [6.45, 7) is 4.20. The number of benzene rings is 1. The lowest BCUT2D eigenvalue weighted by Gasteiger charge is -2.11. The van der Waals surface area contributed by atoms with E-state index in [0.717, 1.165) is 76.8 Å². The van der Waals surface area contributed by atoms with Gasteiger partial charge in [-0.1, -0.05) is 17.7 Å². The van der Waals surface area contributed by atoms with Gasteiger partial charge in [0.1, 0.15) is 6.33 Å². The van der Waals surface area contributed by atoms with Crippen LogP contribution in [0.5, 0.6) is 0 Å². The van der Waals surface area contributed by atoms with Crippen molar-refractivity contribution in [2.45, 2.75) is 45.4 Å². The summed E-state index contributed by atoms with van der Waals surface area (Å²) in [4.78, 5) is 9.45. The van der Waals surface area contributed by atoms with Crippen molar-refractivity contribution >= 4 is 11.6 Å². The van der Waals surface area contributed by atoms with E-state index >= 15 is 0 Å². The largest absolute Gasteiger partial charge is 0.376 e. The van der Waals surface area contributed by atoms with Crippen molar-refractivity contribution in [1.82, 2.24) is 34.1 Å². The van der Waals surface area contributed by atoms with Gasteiger partial charge in [-0.25, -0.2) is 4.98 Å². The molecule has 0 bridgehead atoms. The van der Waals surface area contributed by atoms with E-state index in [1.54, 1.807) is 0 Å². The Kier molecular flexibility index (Phi) is 5.44. The molecule has 2 aliphatic rings. The predicted octanol–water partition coefficient (Wildman–Crippen LogP) is 5.09. The Hall–Kier alpha value is -3.75. The van der Waals surface area contributed by atoms with Gasteiger partial charge >= 0.3 is 0 Å². The Balaban J connectivity index is 1.27. The van der Waals surface area contributed by atoms with Crippen LogP contribution in [0.15, 0.2) is 61.3 Å². The van der Waals surface area contributed by atoms with Crippen molar-refractivity contribution in [3.05, 3.63) is 89.0 Å². The summed E-state index contributed by atoms with van der Waals surface area (Å²) < 4.78 is 12.0. The molecule has 9 heteroatoms. The molecule has 0 amide bonds. The lowest BCUT2D eigenvalue weighted by atomic mass is 10.0. The van der Waals surface area contributed by atoms with Crippen LogP contribution in [0.4, 0.5) is 0 Å². The van der Waals surface area contributed by atoms with E-state index in [1.165, 1.54) is 0 Å². The van der Waals surface area contributed by atoms with E-state index in [9.17, 15) is 0 Å². The summed E-state index contributed by atoms with van der Waals surface area (Å²) in [7, 11) is 0. The van der Waals surface area contributed by atoms with Gasteiger partial charge in [-0.3, -0.25) is 14.3 Å². The van der Waals surface area contributed by atoms with Crippen molar-refractivity contribution in [3.63, 3.8) is 0 Å². The molecule has 1 aromatic carbocycles. The third-order valence-corrected chi connectivity index (χ3v) is 7.36. The molecule has 186 valence electrons. The van der Waals surface area contributed by atoms with Gasteiger partial charge in [0.2, 0.25) is 0 Å². The average Bonchev–Trinajstić information content (AvgIpc) is 3.67. The van der Waals surface area contributed by atoms with E-state index in [-0.39, 0.29) is 6.10 Å². The fraction of sp³-hybridized carbons (Fsp3) is 0.286. The first-order valence-electron chi connectivity index (χ1n) is 12.6.